The van der Waals surface area contributed by atoms with Gasteiger partial charge in [-0.2, -0.15) is 0 Å². The molecule has 20 heavy (non-hydrogen) atoms. The number of aryl methyl sites for hydroxylation is 1. The highest BCUT2D eigenvalue weighted by molar-refractivity contribution is 7.89. The van der Waals surface area contributed by atoms with Crippen molar-refractivity contribution in [1.29, 1.82) is 0 Å². The van der Waals surface area contributed by atoms with Crippen molar-refractivity contribution in [2.24, 2.45) is 0 Å². The first kappa shape index (κ1) is 16.9. The average molecular weight is 299 g/mol. The molecule has 0 radical (unpaired) electrons. The van der Waals surface area contributed by atoms with Crippen LogP contribution in [0, 0.1) is 13.8 Å². The van der Waals surface area contributed by atoms with Crippen LogP contribution in [0.5, 0.6) is 0 Å². The van der Waals surface area contributed by atoms with Crippen molar-refractivity contribution in [3.63, 3.8) is 0 Å². The lowest BCUT2D eigenvalue weighted by molar-refractivity contribution is 0.370. The normalized spacial score (nSPS) is 12.3. The average Bonchev–Trinajstić information content (AvgIpc) is 2.33. The molecule has 0 saturated heterocycles. The van der Waals surface area contributed by atoms with Gasteiger partial charge < -0.3 is 10.6 Å². The van der Waals surface area contributed by atoms with Crippen LogP contribution in [0.1, 0.15) is 17.5 Å². The second kappa shape index (κ2) is 6.56. The summed E-state index contributed by atoms with van der Waals surface area (Å²) >= 11 is 0. The number of hydrogen-bond acceptors (Lipinski definition) is 4. The molecule has 2 N–H and O–H groups in total. The van der Waals surface area contributed by atoms with Gasteiger partial charge in [-0.25, -0.2) is 12.7 Å². The topological polar surface area (TPSA) is 66.6 Å². The summed E-state index contributed by atoms with van der Waals surface area (Å²) in [5, 5.41) is 0. The molecule has 0 spiro atoms. The molecule has 0 bridgehead atoms. The molecule has 0 fully saturated rings. The van der Waals surface area contributed by atoms with Crippen molar-refractivity contribution in [1.82, 2.24) is 9.21 Å². The first-order chi connectivity index (χ1) is 9.17. The number of benzene rings is 1. The molecule has 0 aromatic heterocycles. The molecule has 0 amide bonds. The second-order valence-corrected chi connectivity index (χ2v) is 7.39. The van der Waals surface area contributed by atoms with Crippen LogP contribution in [0.15, 0.2) is 17.0 Å². The van der Waals surface area contributed by atoms with Crippen LogP contribution in [0.3, 0.4) is 0 Å². The minimum absolute atomic E-state index is 0.338. The van der Waals surface area contributed by atoms with Gasteiger partial charge in [-0.05, 0) is 58.1 Å². The number of hydrogen-bond donors (Lipinski definition) is 1. The van der Waals surface area contributed by atoms with Gasteiger partial charge in [-0.15, -0.1) is 0 Å². The third kappa shape index (κ3) is 3.71. The van der Waals surface area contributed by atoms with Crippen LogP contribution in [0.2, 0.25) is 0 Å². The van der Waals surface area contributed by atoms with Crippen LogP contribution < -0.4 is 5.73 Å². The number of anilines is 1. The number of nitrogens with two attached hydrogens (primary N) is 1. The van der Waals surface area contributed by atoms with E-state index in [1.54, 1.807) is 33.0 Å². The van der Waals surface area contributed by atoms with Crippen molar-refractivity contribution in [2.75, 3.05) is 40.0 Å². The number of nitrogen functional groups attached to an aromatic ring is 1. The fourth-order valence-corrected chi connectivity index (χ4v) is 3.79. The Bertz CT molecular complexity index is 568. The van der Waals surface area contributed by atoms with Gasteiger partial charge in [0.15, 0.2) is 0 Å². The van der Waals surface area contributed by atoms with E-state index in [1.165, 1.54) is 4.31 Å². The lowest BCUT2D eigenvalue weighted by atomic mass is 10.1. The van der Waals surface area contributed by atoms with Gasteiger partial charge in [-0.3, -0.25) is 0 Å². The molecule has 0 heterocycles. The van der Waals surface area contributed by atoms with Gasteiger partial charge >= 0.3 is 0 Å². The summed E-state index contributed by atoms with van der Waals surface area (Å²) in [4.78, 5) is 2.38. The number of sulfonamides is 1. The van der Waals surface area contributed by atoms with Crippen LogP contribution in [0.25, 0.3) is 0 Å². The fourth-order valence-electron chi connectivity index (χ4n) is 2.12. The van der Waals surface area contributed by atoms with Gasteiger partial charge in [0.05, 0.1) is 4.90 Å². The van der Waals surface area contributed by atoms with E-state index in [0.29, 0.717) is 22.7 Å². The smallest absolute Gasteiger partial charge is 0.243 e. The van der Waals surface area contributed by atoms with Crippen LogP contribution in [0.4, 0.5) is 5.69 Å². The van der Waals surface area contributed by atoms with E-state index in [9.17, 15) is 8.42 Å². The van der Waals surface area contributed by atoms with E-state index >= 15 is 0 Å². The van der Waals surface area contributed by atoms with E-state index in [-0.39, 0.29) is 0 Å². The van der Waals surface area contributed by atoms with Crippen LogP contribution in [-0.2, 0) is 10.0 Å². The van der Waals surface area contributed by atoms with Crippen molar-refractivity contribution >= 4 is 15.7 Å². The molecule has 114 valence electrons. The highest BCUT2D eigenvalue weighted by atomic mass is 32.2. The van der Waals surface area contributed by atoms with Crippen LogP contribution >= 0.6 is 0 Å². The standard InChI is InChI=1S/C14H25N3O2S/c1-11-7-8-13(15)12(2)14(11)20(18,19)17(5)10-6-9-16(3)4/h7-8H,6,9-10,15H2,1-5H3. The molecule has 1 aromatic carbocycles. The zero-order chi connectivity index (χ0) is 15.5. The van der Waals surface area contributed by atoms with Gasteiger partial charge in [0.1, 0.15) is 0 Å². The lowest BCUT2D eigenvalue weighted by Crippen LogP contribution is -2.31. The molecular weight excluding hydrogens is 274 g/mol. The molecule has 0 atom stereocenters. The minimum atomic E-state index is -3.49. The third-order valence-electron chi connectivity index (χ3n) is 3.39. The SMILES string of the molecule is Cc1ccc(N)c(C)c1S(=O)(=O)N(C)CCCN(C)C. The van der Waals surface area contributed by atoms with Gasteiger partial charge in [0.25, 0.3) is 0 Å². The molecule has 1 aromatic rings. The maximum Gasteiger partial charge on any atom is 0.243 e. The first-order valence-corrected chi connectivity index (χ1v) is 8.08. The molecule has 5 nitrogen and oxygen atoms in total. The summed E-state index contributed by atoms with van der Waals surface area (Å²) < 4.78 is 26.7. The van der Waals surface area contributed by atoms with Crippen molar-refractivity contribution in [3.8, 4) is 0 Å². The summed E-state index contributed by atoms with van der Waals surface area (Å²) in [6.45, 7) is 4.90. The van der Waals surface area contributed by atoms with E-state index in [0.717, 1.165) is 18.5 Å². The molecule has 0 aliphatic heterocycles. The Kier molecular flexibility index (Phi) is 5.56. The largest absolute Gasteiger partial charge is 0.398 e. The van der Waals surface area contributed by atoms with E-state index in [4.69, 9.17) is 5.73 Å². The van der Waals surface area contributed by atoms with E-state index in [2.05, 4.69) is 0 Å². The highest BCUT2D eigenvalue weighted by Crippen LogP contribution is 2.27. The first-order valence-electron chi connectivity index (χ1n) is 6.64. The summed E-state index contributed by atoms with van der Waals surface area (Å²) in [6.07, 6.45) is 0.795. The predicted molar refractivity (Wildman–Crippen MR) is 83.3 cm³/mol. The molecular formula is C14H25N3O2S. The third-order valence-corrected chi connectivity index (χ3v) is 5.54. The summed E-state index contributed by atoms with van der Waals surface area (Å²) in [5.41, 5.74) is 7.71. The zero-order valence-electron chi connectivity index (χ0n) is 13.0. The number of nitrogens with zero attached hydrogens (tertiary/aromatic N) is 2. The Morgan fingerprint density at radius 3 is 2.25 bits per heavy atom. The molecule has 0 unspecified atom stereocenters. The van der Waals surface area contributed by atoms with Crippen molar-refractivity contribution < 1.29 is 8.42 Å². The quantitative estimate of drug-likeness (QED) is 0.808. The molecule has 0 aliphatic carbocycles. The summed E-state index contributed by atoms with van der Waals surface area (Å²) in [7, 11) is 2.08. The monoisotopic (exact) mass is 299 g/mol. The van der Waals surface area contributed by atoms with E-state index in [1.807, 2.05) is 19.0 Å². The summed E-state index contributed by atoms with van der Waals surface area (Å²) in [6, 6.07) is 3.50. The number of rotatable bonds is 6. The maximum absolute atomic E-state index is 12.7. The zero-order valence-corrected chi connectivity index (χ0v) is 13.8. The second-order valence-electron chi connectivity index (χ2n) is 5.41. The fraction of sp³-hybridized carbons (Fsp3) is 0.571. The summed E-state index contributed by atoms with van der Waals surface area (Å²) in [5.74, 6) is 0. The Labute approximate surface area is 122 Å². The van der Waals surface area contributed by atoms with E-state index < -0.39 is 10.0 Å². The lowest BCUT2D eigenvalue weighted by Gasteiger charge is -2.21. The van der Waals surface area contributed by atoms with Gasteiger partial charge in [0.2, 0.25) is 10.0 Å². The Balaban J connectivity index is 3.02. The molecule has 1 rings (SSSR count). The minimum Gasteiger partial charge on any atom is -0.398 e. The molecule has 6 heteroatoms. The van der Waals surface area contributed by atoms with Crippen LogP contribution in [-0.4, -0.2) is 51.9 Å². The Hall–Kier alpha value is -1.11. The predicted octanol–water partition coefficient (Wildman–Crippen LogP) is 1.46. The Morgan fingerprint density at radius 2 is 1.70 bits per heavy atom. The Morgan fingerprint density at radius 1 is 1.10 bits per heavy atom. The maximum atomic E-state index is 12.7. The van der Waals surface area contributed by atoms with Gasteiger partial charge in [0, 0.05) is 19.3 Å². The van der Waals surface area contributed by atoms with Gasteiger partial charge in [-0.1, -0.05) is 6.07 Å². The highest BCUT2D eigenvalue weighted by Gasteiger charge is 2.25. The van der Waals surface area contributed by atoms with Crippen molar-refractivity contribution in [2.45, 2.75) is 25.2 Å². The molecule has 0 saturated carbocycles. The molecule has 0 aliphatic rings. The van der Waals surface area contributed by atoms with Crippen molar-refractivity contribution in [3.05, 3.63) is 23.3 Å².